The van der Waals surface area contributed by atoms with E-state index in [1.165, 1.54) is 17.5 Å². The van der Waals surface area contributed by atoms with Crippen molar-refractivity contribution in [2.45, 2.75) is 51.1 Å². The van der Waals surface area contributed by atoms with Crippen molar-refractivity contribution >= 4 is 18.3 Å². The molecule has 3 atom stereocenters. The maximum Gasteiger partial charge on any atom is 0.223 e. The Balaban J connectivity index is 0.00000161. The highest BCUT2D eigenvalue weighted by Gasteiger charge is 2.31. The summed E-state index contributed by atoms with van der Waals surface area (Å²) < 4.78 is 0. The van der Waals surface area contributed by atoms with Gasteiger partial charge in [0.2, 0.25) is 5.91 Å². The Bertz CT molecular complexity index is 505. The molecule has 3 rings (SSSR count). The molecule has 2 N–H and O–H groups in total. The predicted molar refractivity (Wildman–Crippen MR) is 87.5 cm³/mol. The van der Waals surface area contributed by atoms with Crippen molar-refractivity contribution in [3.05, 3.63) is 35.4 Å². The van der Waals surface area contributed by atoms with E-state index in [0.29, 0.717) is 12.3 Å². The van der Waals surface area contributed by atoms with E-state index in [1.54, 1.807) is 0 Å². The van der Waals surface area contributed by atoms with Gasteiger partial charge in [0.25, 0.3) is 0 Å². The summed E-state index contributed by atoms with van der Waals surface area (Å²) in [5, 5.41) is 0. The standard InChI is InChI=1S/C17H24N2O.ClH/c1-12-15-7-3-2-5-13(15)9-10-19(12)17(20)11-14-6-4-8-16(14)18;/h2-3,5,7,12,14,16H,4,6,8-11,18H2,1H3;1H/t12?,14-,16+;/m0./s1. The van der Waals surface area contributed by atoms with Crippen LogP contribution in [0.4, 0.5) is 0 Å². The lowest BCUT2D eigenvalue weighted by Crippen LogP contribution is -2.40. The number of rotatable bonds is 2. The smallest absolute Gasteiger partial charge is 0.223 e. The lowest BCUT2D eigenvalue weighted by molar-refractivity contribution is -0.134. The molecule has 1 aromatic carbocycles. The quantitative estimate of drug-likeness (QED) is 0.912. The van der Waals surface area contributed by atoms with Crippen LogP contribution in [0.15, 0.2) is 24.3 Å². The van der Waals surface area contributed by atoms with Gasteiger partial charge in [-0.25, -0.2) is 0 Å². The molecule has 1 aliphatic heterocycles. The molecule has 1 heterocycles. The highest BCUT2D eigenvalue weighted by molar-refractivity contribution is 5.85. The molecule has 0 aromatic heterocycles. The molecule has 0 radical (unpaired) electrons. The van der Waals surface area contributed by atoms with E-state index in [9.17, 15) is 4.79 Å². The molecule has 1 unspecified atom stereocenters. The van der Waals surface area contributed by atoms with Gasteiger partial charge in [0, 0.05) is 19.0 Å². The SMILES string of the molecule is CC1c2ccccc2CCN1C(=O)C[C@@H]1CCC[C@H]1N.Cl. The molecule has 1 aromatic rings. The van der Waals surface area contributed by atoms with Crippen molar-refractivity contribution in [1.29, 1.82) is 0 Å². The van der Waals surface area contributed by atoms with Crippen molar-refractivity contribution in [3.63, 3.8) is 0 Å². The van der Waals surface area contributed by atoms with Gasteiger partial charge in [-0.2, -0.15) is 0 Å². The summed E-state index contributed by atoms with van der Waals surface area (Å²) in [5.41, 5.74) is 8.80. The number of hydrogen-bond donors (Lipinski definition) is 1. The van der Waals surface area contributed by atoms with Crippen LogP contribution in [-0.2, 0) is 11.2 Å². The summed E-state index contributed by atoms with van der Waals surface area (Å²) in [5.74, 6) is 0.682. The molecule has 3 nitrogen and oxygen atoms in total. The lowest BCUT2D eigenvalue weighted by atomic mass is 9.92. The van der Waals surface area contributed by atoms with Crippen molar-refractivity contribution in [2.75, 3.05) is 6.54 Å². The van der Waals surface area contributed by atoms with Crippen LogP contribution in [0.5, 0.6) is 0 Å². The van der Waals surface area contributed by atoms with Crippen LogP contribution in [0.1, 0.15) is 49.8 Å². The fraction of sp³-hybridized carbons (Fsp3) is 0.588. The Labute approximate surface area is 133 Å². The van der Waals surface area contributed by atoms with Gasteiger partial charge in [-0.3, -0.25) is 4.79 Å². The van der Waals surface area contributed by atoms with Crippen LogP contribution in [0, 0.1) is 5.92 Å². The van der Waals surface area contributed by atoms with Gasteiger partial charge in [0.15, 0.2) is 0 Å². The first kappa shape index (κ1) is 16.3. The number of fused-ring (bicyclic) bond motifs is 1. The van der Waals surface area contributed by atoms with Crippen molar-refractivity contribution in [1.82, 2.24) is 4.90 Å². The largest absolute Gasteiger partial charge is 0.336 e. The Morgan fingerprint density at radius 1 is 1.33 bits per heavy atom. The second-order valence-corrected chi connectivity index (χ2v) is 6.27. The number of nitrogens with two attached hydrogens (primary N) is 1. The third kappa shape index (κ3) is 3.24. The summed E-state index contributed by atoms with van der Waals surface area (Å²) in [4.78, 5) is 14.6. The van der Waals surface area contributed by atoms with Crippen LogP contribution < -0.4 is 5.73 Å². The average molecular weight is 309 g/mol. The van der Waals surface area contributed by atoms with Crippen LogP contribution in [-0.4, -0.2) is 23.4 Å². The number of halogens is 1. The molecular weight excluding hydrogens is 284 g/mol. The highest BCUT2D eigenvalue weighted by Crippen LogP contribution is 2.32. The van der Waals surface area contributed by atoms with Crippen molar-refractivity contribution < 1.29 is 4.79 Å². The minimum absolute atomic E-state index is 0. The van der Waals surface area contributed by atoms with Gasteiger partial charge < -0.3 is 10.6 Å². The molecular formula is C17H25ClN2O. The lowest BCUT2D eigenvalue weighted by Gasteiger charge is -2.36. The molecule has 1 amide bonds. The maximum atomic E-state index is 12.6. The summed E-state index contributed by atoms with van der Waals surface area (Å²) in [6.07, 6.45) is 4.98. The van der Waals surface area contributed by atoms with Crippen molar-refractivity contribution in [2.24, 2.45) is 11.7 Å². The van der Waals surface area contributed by atoms with Gasteiger partial charge >= 0.3 is 0 Å². The minimum Gasteiger partial charge on any atom is -0.336 e. The normalized spacial score (nSPS) is 27.9. The molecule has 2 aliphatic rings. The zero-order chi connectivity index (χ0) is 14.1. The summed E-state index contributed by atoms with van der Waals surface area (Å²) >= 11 is 0. The zero-order valence-electron chi connectivity index (χ0n) is 12.6. The van der Waals surface area contributed by atoms with E-state index in [2.05, 4.69) is 31.2 Å². The first-order chi connectivity index (χ1) is 9.66. The molecule has 1 aliphatic carbocycles. The molecule has 1 fully saturated rings. The Hall–Kier alpha value is -1.06. The maximum absolute atomic E-state index is 12.6. The summed E-state index contributed by atoms with van der Waals surface area (Å²) in [6.45, 7) is 2.99. The Morgan fingerprint density at radius 3 is 2.81 bits per heavy atom. The van der Waals surface area contributed by atoms with Crippen molar-refractivity contribution in [3.8, 4) is 0 Å². The molecule has 1 saturated carbocycles. The molecule has 4 heteroatoms. The van der Waals surface area contributed by atoms with Crippen LogP contribution in [0.2, 0.25) is 0 Å². The fourth-order valence-corrected chi connectivity index (χ4v) is 3.77. The molecule has 0 bridgehead atoms. The van der Waals surface area contributed by atoms with Crippen LogP contribution >= 0.6 is 12.4 Å². The number of benzene rings is 1. The van der Waals surface area contributed by atoms with E-state index in [-0.39, 0.29) is 30.4 Å². The molecule has 116 valence electrons. The van der Waals surface area contributed by atoms with E-state index in [1.807, 2.05) is 4.90 Å². The fourth-order valence-electron chi connectivity index (χ4n) is 3.77. The monoisotopic (exact) mass is 308 g/mol. The molecule has 0 saturated heterocycles. The van der Waals surface area contributed by atoms with Gasteiger partial charge in [-0.1, -0.05) is 30.7 Å². The second-order valence-electron chi connectivity index (χ2n) is 6.27. The predicted octanol–water partition coefficient (Wildman–Crippen LogP) is 3.07. The third-order valence-electron chi connectivity index (χ3n) is 5.07. The first-order valence-corrected chi connectivity index (χ1v) is 7.79. The van der Waals surface area contributed by atoms with Crippen LogP contribution in [0.3, 0.4) is 0 Å². The molecule has 0 spiro atoms. The number of nitrogens with zero attached hydrogens (tertiary/aromatic N) is 1. The average Bonchev–Trinajstić information content (AvgIpc) is 2.85. The van der Waals surface area contributed by atoms with E-state index < -0.39 is 0 Å². The number of amides is 1. The van der Waals surface area contributed by atoms with Crippen LogP contribution in [0.25, 0.3) is 0 Å². The van der Waals surface area contributed by atoms with E-state index in [0.717, 1.165) is 25.8 Å². The Morgan fingerprint density at radius 2 is 2.10 bits per heavy atom. The number of carbonyl (C=O) groups is 1. The first-order valence-electron chi connectivity index (χ1n) is 7.79. The van der Waals surface area contributed by atoms with Gasteiger partial charge in [0.1, 0.15) is 0 Å². The number of hydrogen-bond acceptors (Lipinski definition) is 2. The van der Waals surface area contributed by atoms with Gasteiger partial charge in [0.05, 0.1) is 6.04 Å². The van der Waals surface area contributed by atoms with Gasteiger partial charge in [-0.15, -0.1) is 12.4 Å². The minimum atomic E-state index is 0. The summed E-state index contributed by atoms with van der Waals surface area (Å²) in [7, 11) is 0. The topological polar surface area (TPSA) is 46.3 Å². The van der Waals surface area contributed by atoms with Gasteiger partial charge in [-0.05, 0) is 43.2 Å². The third-order valence-corrected chi connectivity index (χ3v) is 5.07. The second kappa shape index (κ2) is 6.80. The highest BCUT2D eigenvalue weighted by atomic mass is 35.5. The van der Waals surface area contributed by atoms with E-state index in [4.69, 9.17) is 5.73 Å². The Kier molecular flexibility index (Phi) is 5.28. The molecule has 21 heavy (non-hydrogen) atoms. The number of carbonyl (C=O) groups excluding carboxylic acids is 1. The summed E-state index contributed by atoms with van der Waals surface area (Å²) in [6, 6.07) is 8.91. The zero-order valence-corrected chi connectivity index (χ0v) is 13.4. The van der Waals surface area contributed by atoms with E-state index >= 15 is 0 Å².